The van der Waals surface area contributed by atoms with Crippen molar-refractivity contribution in [3.05, 3.63) is 51.8 Å². The van der Waals surface area contributed by atoms with Crippen molar-refractivity contribution in [2.24, 2.45) is 0 Å². The lowest BCUT2D eigenvalue weighted by atomic mass is 10.2. The zero-order valence-corrected chi connectivity index (χ0v) is 18.8. The number of aromatic nitrogens is 4. The minimum absolute atomic E-state index is 0.0737. The van der Waals surface area contributed by atoms with Crippen LogP contribution in [0.25, 0.3) is 0 Å². The number of sulfone groups is 1. The molecule has 0 aliphatic heterocycles. The normalized spacial score (nSPS) is 11.4. The van der Waals surface area contributed by atoms with E-state index in [1.165, 1.54) is 18.7 Å². The molecule has 0 saturated carbocycles. The number of thioether (sulfide) groups is 1. The molecular formula is C16H13Cl2N5O3S3. The van der Waals surface area contributed by atoms with E-state index in [9.17, 15) is 13.2 Å². The smallest absolute Gasteiger partial charge is 0.277 e. The van der Waals surface area contributed by atoms with Crippen LogP contribution in [0.2, 0.25) is 10.0 Å². The standard InChI is InChI=1S/C16H13Cl2N5O3S3/c1-2-29(25,26)15-19-7-11(18)12(20-15)13(24)21-14-22-23-16(28-14)27-8-9-5-3-4-6-10(9)17/h3-7H,2,8H2,1H3,(H,21,22,24). The van der Waals surface area contributed by atoms with Crippen molar-refractivity contribution in [2.75, 3.05) is 11.1 Å². The number of anilines is 1. The van der Waals surface area contributed by atoms with Gasteiger partial charge >= 0.3 is 0 Å². The molecule has 3 rings (SSSR count). The van der Waals surface area contributed by atoms with Crippen LogP contribution in [0.15, 0.2) is 40.0 Å². The molecule has 29 heavy (non-hydrogen) atoms. The molecule has 0 spiro atoms. The fourth-order valence-corrected chi connectivity index (χ4v) is 4.93. The summed E-state index contributed by atoms with van der Waals surface area (Å²) in [5.41, 5.74) is 0.701. The number of amides is 1. The highest BCUT2D eigenvalue weighted by Gasteiger charge is 2.22. The van der Waals surface area contributed by atoms with Gasteiger partial charge in [0, 0.05) is 10.8 Å². The van der Waals surface area contributed by atoms with Gasteiger partial charge in [-0.3, -0.25) is 10.1 Å². The van der Waals surface area contributed by atoms with Gasteiger partial charge < -0.3 is 0 Å². The van der Waals surface area contributed by atoms with Crippen LogP contribution in [0.3, 0.4) is 0 Å². The molecule has 0 saturated heterocycles. The lowest BCUT2D eigenvalue weighted by molar-refractivity contribution is 0.102. The fourth-order valence-electron chi connectivity index (χ4n) is 2.02. The zero-order chi connectivity index (χ0) is 21.0. The highest BCUT2D eigenvalue weighted by Crippen LogP contribution is 2.30. The van der Waals surface area contributed by atoms with Gasteiger partial charge in [-0.15, -0.1) is 10.2 Å². The third-order valence-electron chi connectivity index (χ3n) is 3.53. The van der Waals surface area contributed by atoms with Crippen molar-refractivity contribution >= 4 is 67.2 Å². The lowest BCUT2D eigenvalue weighted by Gasteiger charge is -2.05. The molecule has 0 atom stereocenters. The molecule has 2 heterocycles. The van der Waals surface area contributed by atoms with Crippen LogP contribution in [0.4, 0.5) is 5.13 Å². The van der Waals surface area contributed by atoms with Gasteiger partial charge in [-0.25, -0.2) is 18.4 Å². The summed E-state index contributed by atoms with van der Waals surface area (Å²) in [5.74, 6) is -0.306. The summed E-state index contributed by atoms with van der Waals surface area (Å²) in [5, 5.41) is 10.8. The number of carbonyl (C=O) groups is 1. The molecule has 8 nitrogen and oxygen atoms in total. The highest BCUT2D eigenvalue weighted by atomic mass is 35.5. The molecule has 3 aromatic rings. The van der Waals surface area contributed by atoms with Crippen LogP contribution < -0.4 is 5.32 Å². The van der Waals surface area contributed by atoms with Crippen LogP contribution in [0.5, 0.6) is 0 Å². The Labute approximate surface area is 185 Å². The van der Waals surface area contributed by atoms with E-state index in [1.807, 2.05) is 24.3 Å². The highest BCUT2D eigenvalue weighted by molar-refractivity contribution is 8.00. The number of rotatable bonds is 7. The Morgan fingerprint density at radius 3 is 2.69 bits per heavy atom. The fraction of sp³-hybridized carbons (Fsp3) is 0.188. The number of hydrogen-bond donors (Lipinski definition) is 1. The molecule has 0 fully saturated rings. The summed E-state index contributed by atoms with van der Waals surface area (Å²) >= 11 is 14.7. The molecule has 0 unspecified atom stereocenters. The molecule has 0 aliphatic carbocycles. The number of halogens is 2. The molecule has 1 N–H and O–H groups in total. The van der Waals surface area contributed by atoms with Crippen LogP contribution in [0, 0.1) is 0 Å². The zero-order valence-electron chi connectivity index (χ0n) is 14.8. The Morgan fingerprint density at radius 1 is 1.21 bits per heavy atom. The number of carbonyl (C=O) groups excluding carboxylic acids is 1. The summed E-state index contributed by atoms with van der Waals surface area (Å²) in [7, 11) is -3.68. The van der Waals surface area contributed by atoms with E-state index in [1.54, 1.807) is 0 Å². The molecular weight excluding hydrogens is 477 g/mol. The van der Waals surface area contributed by atoms with E-state index in [0.717, 1.165) is 23.1 Å². The Morgan fingerprint density at radius 2 is 1.97 bits per heavy atom. The predicted octanol–water partition coefficient (Wildman–Crippen LogP) is 3.97. The second-order valence-corrected chi connectivity index (χ2v) is 10.6. The van der Waals surface area contributed by atoms with Crippen LogP contribution in [-0.2, 0) is 15.6 Å². The van der Waals surface area contributed by atoms with Gasteiger partial charge in [-0.1, -0.05) is 71.4 Å². The SMILES string of the molecule is CCS(=O)(=O)c1ncc(Cl)c(C(=O)Nc2nnc(SCc3ccccc3Cl)s2)n1. The Kier molecular flexibility index (Phi) is 7.06. The van der Waals surface area contributed by atoms with Crippen molar-refractivity contribution in [2.45, 2.75) is 22.2 Å². The maximum absolute atomic E-state index is 12.5. The quantitative estimate of drug-likeness (QED) is 0.301. The first-order valence-corrected chi connectivity index (χ1v) is 12.3. The minimum atomic E-state index is -3.68. The Bertz CT molecular complexity index is 1150. The van der Waals surface area contributed by atoms with Crippen molar-refractivity contribution in [1.82, 2.24) is 20.2 Å². The molecule has 0 radical (unpaired) electrons. The third-order valence-corrected chi connectivity index (χ3v) is 7.71. The molecule has 13 heteroatoms. The largest absolute Gasteiger partial charge is 0.295 e. The molecule has 0 aliphatic rings. The second kappa shape index (κ2) is 9.35. The summed E-state index contributed by atoms with van der Waals surface area (Å²) in [4.78, 5) is 20.0. The molecule has 0 bridgehead atoms. The van der Waals surface area contributed by atoms with E-state index >= 15 is 0 Å². The maximum atomic E-state index is 12.5. The van der Waals surface area contributed by atoms with E-state index in [4.69, 9.17) is 23.2 Å². The predicted molar refractivity (Wildman–Crippen MR) is 114 cm³/mol. The summed E-state index contributed by atoms with van der Waals surface area (Å²) in [6, 6.07) is 7.47. The summed E-state index contributed by atoms with van der Waals surface area (Å²) < 4.78 is 24.5. The topological polar surface area (TPSA) is 115 Å². The van der Waals surface area contributed by atoms with Gasteiger partial charge in [0.15, 0.2) is 10.0 Å². The van der Waals surface area contributed by atoms with Crippen LogP contribution in [0.1, 0.15) is 23.0 Å². The number of nitrogens with one attached hydrogen (secondary N) is 1. The van der Waals surface area contributed by atoms with Crippen LogP contribution >= 0.6 is 46.3 Å². The molecule has 1 aromatic carbocycles. The molecule has 1 amide bonds. The monoisotopic (exact) mass is 489 g/mol. The van der Waals surface area contributed by atoms with Gasteiger partial charge in [0.25, 0.3) is 5.91 Å². The van der Waals surface area contributed by atoms with Gasteiger partial charge in [0.05, 0.1) is 17.0 Å². The average molecular weight is 490 g/mol. The van der Waals surface area contributed by atoms with E-state index < -0.39 is 20.9 Å². The first kappa shape index (κ1) is 21.9. The van der Waals surface area contributed by atoms with E-state index in [-0.39, 0.29) is 21.6 Å². The van der Waals surface area contributed by atoms with Crippen molar-refractivity contribution in [3.63, 3.8) is 0 Å². The van der Waals surface area contributed by atoms with Gasteiger partial charge in [0.1, 0.15) is 0 Å². The van der Waals surface area contributed by atoms with Crippen molar-refractivity contribution in [1.29, 1.82) is 0 Å². The Balaban J connectivity index is 1.70. The molecule has 152 valence electrons. The van der Waals surface area contributed by atoms with Crippen LogP contribution in [-0.4, -0.2) is 40.2 Å². The van der Waals surface area contributed by atoms with Gasteiger partial charge in [-0.05, 0) is 11.6 Å². The number of hydrogen-bond acceptors (Lipinski definition) is 9. The second-order valence-electron chi connectivity index (χ2n) is 5.46. The summed E-state index contributed by atoms with van der Waals surface area (Å²) in [6.07, 6.45) is 1.08. The lowest BCUT2D eigenvalue weighted by Crippen LogP contribution is -2.18. The van der Waals surface area contributed by atoms with Crippen molar-refractivity contribution < 1.29 is 13.2 Å². The van der Waals surface area contributed by atoms with Crippen molar-refractivity contribution in [3.8, 4) is 0 Å². The van der Waals surface area contributed by atoms with Gasteiger partial charge in [0.2, 0.25) is 20.1 Å². The first-order chi connectivity index (χ1) is 13.8. The maximum Gasteiger partial charge on any atom is 0.277 e. The number of nitrogens with zero attached hydrogens (tertiary/aromatic N) is 4. The number of benzene rings is 1. The summed E-state index contributed by atoms with van der Waals surface area (Å²) in [6.45, 7) is 1.45. The third kappa shape index (κ3) is 5.43. The van der Waals surface area contributed by atoms with E-state index in [2.05, 4.69) is 25.5 Å². The van der Waals surface area contributed by atoms with E-state index in [0.29, 0.717) is 15.1 Å². The van der Waals surface area contributed by atoms with Gasteiger partial charge in [-0.2, -0.15) is 0 Å². The minimum Gasteiger partial charge on any atom is -0.295 e. The molecule has 2 aromatic heterocycles. The first-order valence-electron chi connectivity index (χ1n) is 8.06. The Hall–Kier alpha value is -1.79. The average Bonchev–Trinajstić information content (AvgIpc) is 3.14.